The van der Waals surface area contributed by atoms with Crippen LogP contribution in [0.1, 0.15) is 0 Å². The van der Waals surface area contributed by atoms with Crippen LogP contribution in [0.3, 0.4) is 0 Å². The Bertz CT molecular complexity index is 370. The van der Waals surface area contributed by atoms with E-state index in [9.17, 15) is 8.42 Å². The summed E-state index contributed by atoms with van der Waals surface area (Å²) in [5, 5.41) is 8.68. The van der Waals surface area contributed by atoms with Crippen molar-refractivity contribution < 1.29 is 13.2 Å². The topological polar surface area (TPSA) is 87.2 Å². The van der Waals surface area contributed by atoms with Gasteiger partial charge >= 0.3 is 0 Å². The molecule has 1 rings (SSSR count). The van der Waals surface area contributed by atoms with Gasteiger partial charge in [-0.2, -0.15) is 5.10 Å². The lowest BCUT2D eigenvalue weighted by molar-refractivity contribution is 0.183. The van der Waals surface area contributed by atoms with Crippen molar-refractivity contribution in [1.29, 1.82) is 0 Å². The summed E-state index contributed by atoms with van der Waals surface area (Å²) in [7, 11) is -2.07. The summed E-state index contributed by atoms with van der Waals surface area (Å²) >= 11 is 0. The number of hydrogen-bond donors (Lipinski definition) is 1. The van der Waals surface area contributed by atoms with Crippen molar-refractivity contribution >= 4 is 10.0 Å². The van der Waals surface area contributed by atoms with E-state index in [-0.39, 0.29) is 4.90 Å². The maximum Gasteiger partial charge on any atom is 0.241 e. The fourth-order valence-electron chi connectivity index (χ4n) is 0.799. The lowest BCUT2D eigenvalue weighted by Crippen LogP contribution is -2.11. The van der Waals surface area contributed by atoms with Gasteiger partial charge in [0.15, 0.2) is 0 Å². The summed E-state index contributed by atoms with van der Waals surface area (Å²) < 4.78 is 27.9. The molecule has 74 valence electrons. The number of methoxy groups -OCH3 is 1. The minimum absolute atomic E-state index is 0.0172. The molecule has 0 unspecified atom stereocenters. The van der Waals surface area contributed by atoms with Crippen molar-refractivity contribution in [3.63, 3.8) is 0 Å². The molecule has 0 aliphatic rings. The average molecular weight is 205 g/mol. The molecule has 2 N–H and O–H groups in total. The van der Waals surface area contributed by atoms with Crippen LogP contribution in [0.25, 0.3) is 0 Å². The molecule has 7 heteroatoms. The van der Waals surface area contributed by atoms with Crippen molar-refractivity contribution in [2.45, 2.75) is 11.4 Å². The molecule has 0 aliphatic carbocycles. The minimum Gasteiger partial charge on any atom is -0.383 e. The summed E-state index contributed by atoms with van der Waals surface area (Å²) in [4.78, 5) is 0.0172. The van der Waals surface area contributed by atoms with Crippen LogP contribution in [0.4, 0.5) is 0 Å². The second-order valence-electron chi connectivity index (χ2n) is 2.48. The van der Waals surface area contributed by atoms with Crippen molar-refractivity contribution in [3.05, 3.63) is 12.4 Å². The Balaban J connectivity index is 2.76. The van der Waals surface area contributed by atoms with Crippen molar-refractivity contribution in [3.8, 4) is 0 Å². The number of ether oxygens (including phenoxy) is 1. The number of aromatic nitrogens is 2. The first-order chi connectivity index (χ1) is 6.04. The average Bonchev–Trinajstić information content (AvgIpc) is 2.47. The fraction of sp³-hybridized carbons (Fsp3) is 0.500. The number of sulfonamides is 1. The Morgan fingerprint density at radius 1 is 1.69 bits per heavy atom. The zero-order valence-electron chi connectivity index (χ0n) is 7.17. The fourth-order valence-corrected chi connectivity index (χ4v) is 1.26. The number of hydrogen-bond acceptors (Lipinski definition) is 4. The number of primary sulfonamides is 1. The molecule has 0 radical (unpaired) electrons. The highest BCUT2D eigenvalue weighted by Crippen LogP contribution is 2.03. The molecular formula is C6H11N3O3S. The molecule has 0 atom stereocenters. The van der Waals surface area contributed by atoms with Crippen LogP contribution in [0.15, 0.2) is 17.3 Å². The van der Waals surface area contributed by atoms with E-state index in [1.54, 1.807) is 7.11 Å². The summed E-state index contributed by atoms with van der Waals surface area (Å²) in [5.74, 6) is 0. The second-order valence-corrected chi connectivity index (χ2v) is 4.04. The van der Waals surface area contributed by atoms with Crippen LogP contribution in [0, 0.1) is 0 Å². The molecule has 0 saturated carbocycles. The van der Waals surface area contributed by atoms with E-state index in [4.69, 9.17) is 9.88 Å². The molecule has 1 aromatic heterocycles. The van der Waals surface area contributed by atoms with Gasteiger partial charge in [-0.1, -0.05) is 0 Å². The quantitative estimate of drug-likeness (QED) is 0.695. The molecule has 0 aliphatic heterocycles. The molecule has 0 fully saturated rings. The van der Waals surface area contributed by atoms with Crippen molar-refractivity contribution in [2.24, 2.45) is 5.14 Å². The Labute approximate surface area is 76.3 Å². The van der Waals surface area contributed by atoms with Gasteiger partial charge in [0.25, 0.3) is 0 Å². The Morgan fingerprint density at radius 3 is 2.85 bits per heavy atom. The number of nitrogens with zero attached hydrogens (tertiary/aromatic N) is 2. The monoisotopic (exact) mass is 205 g/mol. The van der Waals surface area contributed by atoms with Crippen molar-refractivity contribution in [2.75, 3.05) is 13.7 Å². The van der Waals surface area contributed by atoms with Gasteiger partial charge in [-0.15, -0.1) is 0 Å². The normalized spacial score (nSPS) is 11.8. The van der Waals surface area contributed by atoms with Gasteiger partial charge in [0, 0.05) is 13.3 Å². The molecule has 13 heavy (non-hydrogen) atoms. The van der Waals surface area contributed by atoms with E-state index < -0.39 is 10.0 Å². The van der Waals surface area contributed by atoms with Gasteiger partial charge in [-0.3, -0.25) is 4.68 Å². The van der Waals surface area contributed by atoms with Gasteiger partial charge in [0.2, 0.25) is 10.0 Å². The van der Waals surface area contributed by atoms with E-state index >= 15 is 0 Å². The lowest BCUT2D eigenvalue weighted by atomic mass is 10.7. The minimum atomic E-state index is -3.63. The molecular weight excluding hydrogens is 194 g/mol. The molecule has 0 amide bonds. The highest BCUT2D eigenvalue weighted by Gasteiger charge is 2.09. The zero-order valence-corrected chi connectivity index (χ0v) is 7.99. The second kappa shape index (κ2) is 3.86. The van der Waals surface area contributed by atoms with E-state index in [1.165, 1.54) is 17.1 Å². The zero-order chi connectivity index (χ0) is 9.90. The molecule has 0 aromatic carbocycles. The third-order valence-corrected chi connectivity index (χ3v) is 2.33. The van der Waals surface area contributed by atoms with Gasteiger partial charge < -0.3 is 4.74 Å². The van der Waals surface area contributed by atoms with Crippen LogP contribution in [-0.2, 0) is 21.3 Å². The molecule has 6 nitrogen and oxygen atoms in total. The van der Waals surface area contributed by atoms with E-state index in [1.807, 2.05) is 0 Å². The molecule has 0 spiro atoms. The maximum absolute atomic E-state index is 10.8. The molecule has 0 bridgehead atoms. The highest BCUT2D eigenvalue weighted by atomic mass is 32.2. The Kier molecular flexibility index (Phi) is 3.02. The first-order valence-corrected chi connectivity index (χ1v) is 5.13. The third kappa shape index (κ3) is 2.79. The van der Waals surface area contributed by atoms with Gasteiger partial charge in [0.1, 0.15) is 4.90 Å². The SMILES string of the molecule is COCCn1cc(S(N)(=O)=O)cn1. The van der Waals surface area contributed by atoms with Crippen LogP contribution in [0.5, 0.6) is 0 Å². The number of rotatable bonds is 4. The highest BCUT2D eigenvalue weighted by molar-refractivity contribution is 7.89. The summed E-state index contributed by atoms with van der Waals surface area (Å²) in [6.07, 6.45) is 2.58. The molecule has 1 aromatic rings. The summed E-state index contributed by atoms with van der Waals surface area (Å²) in [6, 6.07) is 0. The van der Waals surface area contributed by atoms with E-state index in [2.05, 4.69) is 5.10 Å². The summed E-state index contributed by atoms with van der Waals surface area (Å²) in [5.41, 5.74) is 0. The van der Waals surface area contributed by atoms with Crippen LogP contribution in [-0.4, -0.2) is 31.9 Å². The van der Waals surface area contributed by atoms with Gasteiger partial charge in [-0.05, 0) is 0 Å². The smallest absolute Gasteiger partial charge is 0.241 e. The van der Waals surface area contributed by atoms with Crippen molar-refractivity contribution in [1.82, 2.24) is 9.78 Å². The summed E-state index contributed by atoms with van der Waals surface area (Å²) in [6.45, 7) is 0.984. The van der Waals surface area contributed by atoms with Crippen LogP contribution in [0.2, 0.25) is 0 Å². The van der Waals surface area contributed by atoms with E-state index in [0.717, 1.165) is 0 Å². The van der Waals surface area contributed by atoms with Crippen LogP contribution >= 0.6 is 0 Å². The standard InChI is InChI=1S/C6H11N3O3S/c1-12-3-2-9-5-6(4-8-9)13(7,10)11/h4-5H,2-3H2,1H3,(H2,7,10,11). The molecule has 0 saturated heterocycles. The maximum atomic E-state index is 10.8. The molecule has 1 heterocycles. The predicted molar refractivity (Wildman–Crippen MR) is 45.5 cm³/mol. The van der Waals surface area contributed by atoms with E-state index in [0.29, 0.717) is 13.2 Å². The Morgan fingerprint density at radius 2 is 2.38 bits per heavy atom. The first-order valence-electron chi connectivity index (χ1n) is 3.58. The Hall–Kier alpha value is -0.920. The lowest BCUT2D eigenvalue weighted by Gasteiger charge is -1.97. The third-order valence-electron chi connectivity index (χ3n) is 1.46. The van der Waals surface area contributed by atoms with Crippen LogP contribution < -0.4 is 5.14 Å². The van der Waals surface area contributed by atoms with Gasteiger partial charge in [-0.25, -0.2) is 13.6 Å². The first kappa shape index (κ1) is 10.2. The number of nitrogens with two attached hydrogens (primary N) is 1. The largest absolute Gasteiger partial charge is 0.383 e. The van der Waals surface area contributed by atoms with Gasteiger partial charge in [0.05, 0.1) is 19.3 Å². The predicted octanol–water partition coefficient (Wildman–Crippen LogP) is -0.823.